The van der Waals surface area contributed by atoms with Crippen LogP contribution in [0.4, 0.5) is 0 Å². The molecule has 2 aromatic carbocycles. The van der Waals surface area contributed by atoms with E-state index in [1.807, 2.05) is 12.1 Å². The molecule has 0 heterocycles. The van der Waals surface area contributed by atoms with Gasteiger partial charge in [-0.15, -0.1) is 0 Å². The summed E-state index contributed by atoms with van der Waals surface area (Å²) in [5, 5.41) is 13.6. The summed E-state index contributed by atoms with van der Waals surface area (Å²) in [6, 6.07) is 14.1. The van der Waals surface area contributed by atoms with Crippen molar-refractivity contribution in [2.45, 2.75) is 6.92 Å². The van der Waals surface area contributed by atoms with Gasteiger partial charge in [-0.3, -0.25) is 4.79 Å². The van der Waals surface area contributed by atoms with Crippen molar-refractivity contribution in [3.63, 3.8) is 0 Å². The number of hydrazone groups is 1. The third-order valence-corrected chi connectivity index (χ3v) is 2.67. The molecule has 19 heavy (non-hydrogen) atoms. The van der Waals surface area contributed by atoms with Crippen molar-refractivity contribution in [2.24, 2.45) is 5.10 Å². The van der Waals surface area contributed by atoms with Crippen molar-refractivity contribution in [3.05, 3.63) is 65.2 Å². The maximum absolute atomic E-state index is 11.7. The summed E-state index contributed by atoms with van der Waals surface area (Å²) in [5.41, 5.74) is 4.27. The molecule has 0 aliphatic heterocycles. The zero-order chi connectivity index (χ0) is 13.7. The molecule has 0 atom stereocenters. The van der Waals surface area contributed by atoms with Gasteiger partial charge in [-0.2, -0.15) is 5.10 Å². The molecule has 2 rings (SSSR count). The van der Waals surface area contributed by atoms with Gasteiger partial charge in [0, 0.05) is 11.1 Å². The van der Waals surface area contributed by atoms with Gasteiger partial charge in [0.1, 0.15) is 5.75 Å². The van der Waals surface area contributed by atoms with Crippen LogP contribution in [0.3, 0.4) is 0 Å². The number of amides is 1. The van der Waals surface area contributed by atoms with E-state index in [1.165, 1.54) is 6.21 Å². The highest BCUT2D eigenvalue weighted by Gasteiger charge is 2.03. The Bertz CT molecular complexity index is 607. The smallest absolute Gasteiger partial charge is 0.271 e. The van der Waals surface area contributed by atoms with E-state index < -0.39 is 0 Å². The number of hydrogen-bond acceptors (Lipinski definition) is 3. The summed E-state index contributed by atoms with van der Waals surface area (Å²) >= 11 is 0. The molecule has 0 saturated heterocycles. The Kier molecular flexibility index (Phi) is 3.93. The topological polar surface area (TPSA) is 61.7 Å². The number of rotatable bonds is 3. The van der Waals surface area contributed by atoms with Crippen molar-refractivity contribution >= 4 is 12.1 Å². The lowest BCUT2D eigenvalue weighted by molar-refractivity contribution is 0.0955. The minimum Gasteiger partial charge on any atom is -0.507 e. The lowest BCUT2D eigenvalue weighted by Gasteiger charge is -2.02. The number of benzene rings is 2. The molecule has 0 aliphatic carbocycles. The van der Waals surface area contributed by atoms with E-state index in [9.17, 15) is 9.90 Å². The van der Waals surface area contributed by atoms with Crippen molar-refractivity contribution in [1.82, 2.24) is 5.43 Å². The number of phenols is 1. The average Bonchev–Trinajstić information content (AvgIpc) is 2.44. The number of carbonyl (C=O) groups excluding carboxylic acids is 1. The summed E-state index contributed by atoms with van der Waals surface area (Å²) in [5.74, 6) is -0.121. The number of carbonyl (C=O) groups is 1. The second kappa shape index (κ2) is 5.82. The van der Waals surface area contributed by atoms with Gasteiger partial charge >= 0.3 is 0 Å². The SMILES string of the molecule is Cc1cccc(C=NNC(=O)c2ccccc2)c1O. The summed E-state index contributed by atoms with van der Waals surface area (Å²) < 4.78 is 0. The van der Waals surface area contributed by atoms with Crippen LogP contribution in [0.1, 0.15) is 21.5 Å². The largest absolute Gasteiger partial charge is 0.507 e. The van der Waals surface area contributed by atoms with Crippen LogP contribution in [0, 0.1) is 6.92 Å². The van der Waals surface area contributed by atoms with Gasteiger partial charge in [-0.1, -0.05) is 30.3 Å². The monoisotopic (exact) mass is 254 g/mol. The van der Waals surface area contributed by atoms with Crippen LogP contribution in [0.25, 0.3) is 0 Å². The fourth-order valence-corrected chi connectivity index (χ4v) is 1.60. The van der Waals surface area contributed by atoms with E-state index in [0.717, 1.165) is 5.56 Å². The van der Waals surface area contributed by atoms with Gasteiger partial charge < -0.3 is 5.11 Å². The molecule has 0 unspecified atom stereocenters. The molecule has 2 N–H and O–H groups in total. The molecular formula is C15H14N2O2. The molecule has 0 saturated carbocycles. The van der Waals surface area contributed by atoms with Crippen molar-refractivity contribution in [2.75, 3.05) is 0 Å². The first-order valence-electron chi connectivity index (χ1n) is 5.85. The van der Waals surface area contributed by atoms with Gasteiger partial charge in [0.15, 0.2) is 0 Å². The molecule has 0 bridgehead atoms. The van der Waals surface area contributed by atoms with Crippen LogP contribution in [-0.2, 0) is 0 Å². The van der Waals surface area contributed by atoms with Crippen LogP contribution in [0.5, 0.6) is 5.75 Å². The molecule has 4 nitrogen and oxygen atoms in total. The number of aromatic hydroxyl groups is 1. The Labute approximate surface area is 111 Å². The van der Waals surface area contributed by atoms with Gasteiger partial charge in [0.05, 0.1) is 6.21 Å². The third kappa shape index (κ3) is 3.19. The molecule has 2 aromatic rings. The lowest BCUT2D eigenvalue weighted by atomic mass is 10.1. The number of para-hydroxylation sites is 1. The van der Waals surface area contributed by atoms with Crippen LogP contribution in [0.15, 0.2) is 53.6 Å². The van der Waals surface area contributed by atoms with Gasteiger partial charge in [0.2, 0.25) is 0 Å². The normalized spacial score (nSPS) is 10.6. The minimum absolute atomic E-state index is 0.167. The van der Waals surface area contributed by atoms with Crippen molar-refractivity contribution in [3.8, 4) is 5.75 Å². The minimum atomic E-state index is -0.288. The molecule has 4 heteroatoms. The fourth-order valence-electron chi connectivity index (χ4n) is 1.60. The number of phenolic OH excluding ortho intramolecular Hbond substituents is 1. The number of nitrogens with zero attached hydrogens (tertiary/aromatic N) is 1. The van der Waals surface area contributed by atoms with E-state index in [0.29, 0.717) is 11.1 Å². The van der Waals surface area contributed by atoms with Gasteiger partial charge in [-0.05, 0) is 30.7 Å². The Morgan fingerprint density at radius 2 is 1.89 bits per heavy atom. The molecule has 0 radical (unpaired) electrons. The lowest BCUT2D eigenvalue weighted by Crippen LogP contribution is -2.17. The van der Waals surface area contributed by atoms with Gasteiger partial charge in [-0.25, -0.2) is 5.43 Å². The van der Waals surface area contributed by atoms with Crippen LogP contribution in [-0.4, -0.2) is 17.2 Å². The summed E-state index contributed by atoms with van der Waals surface area (Å²) in [6.07, 6.45) is 1.42. The molecule has 0 fully saturated rings. The second-order valence-corrected chi connectivity index (χ2v) is 4.08. The maximum Gasteiger partial charge on any atom is 0.271 e. The second-order valence-electron chi connectivity index (χ2n) is 4.08. The molecule has 0 spiro atoms. The average molecular weight is 254 g/mol. The Morgan fingerprint density at radius 3 is 2.63 bits per heavy atom. The molecule has 0 aromatic heterocycles. The van der Waals surface area contributed by atoms with Gasteiger partial charge in [0.25, 0.3) is 5.91 Å². The molecule has 1 amide bonds. The Hall–Kier alpha value is -2.62. The fraction of sp³-hybridized carbons (Fsp3) is 0.0667. The number of hydrogen-bond donors (Lipinski definition) is 2. The van der Waals surface area contributed by atoms with Crippen LogP contribution >= 0.6 is 0 Å². The number of nitrogens with one attached hydrogen (secondary N) is 1. The standard InChI is InChI=1S/C15H14N2O2/c1-11-6-5-9-13(14(11)18)10-16-17-15(19)12-7-3-2-4-8-12/h2-10,18H,1H3,(H,17,19). The van der Waals surface area contributed by atoms with E-state index in [1.54, 1.807) is 43.3 Å². The highest BCUT2D eigenvalue weighted by molar-refractivity contribution is 5.95. The Morgan fingerprint density at radius 1 is 1.16 bits per heavy atom. The molecular weight excluding hydrogens is 240 g/mol. The molecule has 0 aliphatic rings. The predicted molar refractivity (Wildman–Crippen MR) is 74.3 cm³/mol. The highest BCUT2D eigenvalue weighted by atomic mass is 16.3. The summed E-state index contributed by atoms with van der Waals surface area (Å²) in [6.45, 7) is 1.80. The van der Waals surface area contributed by atoms with E-state index >= 15 is 0 Å². The highest BCUT2D eigenvalue weighted by Crippen LogP contribution is 2.19. The first-order valence-corrected chi connectivity index (χ1v) is 5.85. The van der Waals surface area contributed by atoms with E-state index in [2.05, 4.69) is 10.5 Å². The van der Waals surface area contributed by atoms with Crippen molar-refractivity contribution < 1.29 is 9.90 Å². The third-order valence-electron chi connectivity index (χ3n) is 2.67. The first kappa shape index (κ1) is 12.8. The quantitative estimate of drug-likeness (QED) is 0.653. The first-order chi connectivity index (χ1) is 9.18. The zero-order valence-corrected chi connectivity index (χ0v) is 10.5. The van der Waals surface area contributed by atoms with E-state index in [-0.39, 0.29) is 11.7 Å². The molecule has 96 valence electrons. The summed E-state index contributed by atoms with van der Waals surface area (Å²) in [4.78, 5) is 11.7. The Balaban J connectivity index is 2.05. The van der Waals surface area contributed by atoms with Crippen LogP contribution in [0.2, 0.25) is 0 Å². The van der Waals surface area contributed by atoms with E-state index in [4.69, 9.17) is 0 Å². The zero-order valence-electron chi connectivity index (χ0n) is 10.5. The summed E-state index contributed by atoms with van der Waals surface area (Å²) in [7, 11) is 0. The maximum atomic E-state index is 11.7. The van der Waals surface area contributed by atoms with Crippen LogP contribution < -0.4 is 5.43 Å². The predicted octanol–water partition coefficient (Wildman–Crippen LogP) is 2.46. The number of aryl methyl sites for hydroxylation is 1. The van der Waals surface area contributed by atoms with Crippen molar-refractivity contribution in [1.29, 1.82) is 0 Å².